The zero-order valence-electron chi connectivity index (χ0n) is 12.9. The molecule has 3 aromatic heterocycles. The van der Waals surface area contributed by atoms with Gasteiger partial charge in [-0.2, -0.15) is 10.2 Å². The van der Waals surface area contributed by atoms with Gasteiger partial charge in [0.15, 0.2) is 5.65 Å². The fourth-order valence-electron chi connectivity index (χ4n) is 2.50. The number of aryl methyl sites for hydroxylation is 1. The molecule has 0 N–H and O–H groups in total. The minimum absolute atomic E-state index is 0.0118. The van der Waals surface area contributed by atoms with Gasteiger partial charge in [0.25, 0.3) is 12.0 Å². The molecule has 3 heterocycles. The molecule has 0 aromatic carbocycles. The van der Waals surface area contributed by atoms with Gasteiger partial charge in [-0.15, -0.1) is 0 Å². The molecule has 0 saturated heterocycles. The Bertz CT molecular complexity index is 908. The summed E-state index contributed by atoms with van der Waals surface area (Å²) in [4.78, 5) is 16.8. The van der Waals surface area contributed by atoms with Gasteiger partial charge >= 0.3 is 0 Å². The lowest BCUT2D eigenvalue weighted by molar-refractivity contribution is 0.144. The zero-order chi connectivity index (χ0) is 16.7. The third kappa shape index (κ3) is 2.62. The summed E-state index contributed by atoms with van der Waals surface area (Å²) in [7, 11) is 1.56. The highest BCUT2D eigenvalue weighted by Crippen LogP contribution is 2.21. The van der Waals surface area contributed by atoms with Crippen LogP contribution in [-0.2, 0) is 13.6 Å². The van der Waals surface area contributed by atoms with Crippen LogP contribution in [0.2, 0.25) is 0 Å². The molecule has 3 aromatic rings. The van der Waals surface area contributed by atoms with Crippen LogP contribution in [0.4, 0.5) is 8.78 Å². The van der Waals surface area contributed by atoms with Gasteiger partial charge in [-0.25, -0.2) is 18.4 Å². The molecule has 0 atom stereocenters. The first-order chi connectivity index (χ1) is 10.9. The predicted molar refractivity (Wildman–Crippen MR) is 79.4 cm³/mol. The maximum Gasteiger partial charge on any atom is 0.282 e. The van der Waals surface area contributed by atoms with Crippen molar-refractivity contribution in [2.75, 3.05) is 0 Å². The topological polar surface area (TPSA) is 70.5 Å². The van der Waals surface area contributed by atoms with Crippen molar-refractivity contribution < 1.29 is 8.78 Å². The van der Waals surface area contributed by atoms with Gasteiger partial charge in [0, 0.05) is 24.8 Å². The molecule has 0 aliphatic heterocycles. The van der Waals surface area contributed by atoms with Crippen LogP contribution in [-0.4, -0.2) is 29.1 Å². The minimum atomic E-state index is -2.69. The van der Waals surface area contributed by atoms with Crippen LogP contribution in [0.25, 0.3) is 11.0 Å². The molecule has 0 fully saturated rings. The standard InChI is InChI=1S/C14H16F2N6O/c1-8(2)22-13-10(4-18-22)14(23)21(7-17-13)6-9-5-20(3)19-11(9)12(15)16/h4-5,7-8,12H,6H2,1-3H3. The summed E-state index contributed by atoms with van der Waals surface area (Å²) in [5, 5.41) is 8.26. The lowest BCUT2D eigenvalue weighted by atomic mass is 10.2. The molecule has 0 bridgehead atoms. The molecule has 0 saturated carbocycles. The summed E-state index contributed by atoms with van der Waals surface area (Å²) in [6.45, 7) is 3.86. The Morgan fingerprint density at radius 3 is 2.70 bits per heavy atom. The first-order valence-electron chi connectivity index (χ1n) is 7.11. The van der Waals surface area contributed by atoms with Crippen molar-refractivity contribution in [1.29, 1.82) is 0 Å². The third-order valence-corrected chi connectivity index (χ3v) is 3.55. The van der Waals surface area contributed by atoms with Crippen molar-refractivity contribution in [3.8, 4) is 0 Å². The molecule has 9 heteroatoms. The molecule has 3 rings (SSSR count). The highest BCUT2D eigenvalue weighted by atomic mass is 19.3. The minimum Gasteiger partial charge on any atom is -0.294 e. The summed E-state index contributed by atoms with van der Waals surface area (Å²) in [6, 6.07) is 0.0685. The van der Waals surface area contributed by atoms with Gasteiger partial charge in [-0.1, -0.05) is 0 Å². The summed E-state index contributed by atoms with van der Waals surface area (Å²) in [5.74, 6) is 0. The molecule has 122 valence electrons. The highest BCUT2D eigenvalue weighted by Gasteiger charge is 2.19. The number of hydrogen-bond acceptors (Lipinski definition) is 4. The van der Waals surface area contributed by atoms with E-state index in [0.29, 0.717) is 16.6 Å². The van der Waals surface area contributed by atoms with Gasteiger partial charge in [0.1, 0.15) is 17.4 Å². The van der Waals surface area contributed by atoms with E-state index in [9.17, 15) is 13.6 Å². The van der Waals surface area contributed by atoms with E-state index in [4.69, 9.17) is 0 Å². The van der Waals surface area contributed by atoms with Crippen LogP contribution in [0.1, 0.15) is 37.6 Å². The molecule has 0 radical (unpaired) electrons. The second-order valence-electron chi connectivity index (χ2n) is 5.61. The van der Waals surface area contributed by atoms with Gasteiger partial charge in [-0.05, 0) is 13.8 Å². The maximum atomic E-state index is 13.0. The number of halogens is 2. The number of aromatic nitrogens is 6. The van der Waals surface area contributed by atoms with E-state index in [0.717, 1.165) is 0 Å². The van der Waals surface area contributed by atoms with Gasteiger partial charge < -0.3 is 0 Å². The molecular formula is C14H16F2N6O. The Morgan fingerprint density at radius 2 is 2.04 bits per heavy atom. The van der Waals surface area contributed by atoms with E-state index in [1.54, 1.807) is 11.7 Å². The van der Waals surface area contributed by atoms with Crippen LogP contribution < -0.4 is 5.56 Å². The largest absolute Gasteiger partial charge is 0.294 e. The molecule has 0 aliphatic carbocycles. The first-order valence-corrected chi connectivity index (χ1v) is 7.11. The lowest BCUT2D eigenvalue weighted by Gasteiger charge is -2.08. The Labute approximate surface area is 130 Å². The molecule has 0 spiro atoms. The van der Waals surface area contributed by atoms with Gasteiger partial charge in [0.2, 0.25) is 0 Å². The van der Waals surface area contributed by atoms with Crippen molar-refractivity contribution in [3.05, 3.63) is 40.3 Å². The number of rotatable bonds is 4. The second kappa shape index (κ2) is 5.56. The smallest absolute Gasteiger partial charge is 0.282 e. The summed E-state index contributed by atoms with van der Waals surface area (Å²) in [5.41, 5.74) is 0.145. The summed E-state index contributed by atoms with van der Waals surface area (Å²) >= 11 is 0. The van der Waals surface area contributed by atoms with E-state index >= 15 is 0 Å². The zero-order valence-corrected chi connectivity index (χ0v) is 12.9. The Balaban J connectivity index is 2.05. The summed E-state index contributed by atoms with van der Waals surface area (Å²) < 4.78 is 30.2. The van der Waals surface area contributed by atoms with Crippen LogP contribution in [0.5, 0.6) is 0 Å². The fraction of sp³-hybridized carbons (Fsp3) is 0.429. The summed E-state index contributed by atoms with van der Waals surface area (Å²) in [6.07, 6.45) is 1.60. The quantitative estimate of drug-likeness (QED) is 0.735. The number of fused-ring (bicyclic) bond motifs is 1. The highest BCUT2D eigenvalue weighted by molar-refractivity contribution is 5.73. The van der Waals surface area contributed by atoms with Crippen LogP contribution in [0.15, 0.2) is 23.5 Å². The molecule has 7 nitrogen and oxygen atoms in total. The number of nitrogens with zero attached hydrogens (tertiary/aromatic N) is 6. The van der Waals surface area contributed by atoms with E-state index in [1.165, 1.54) is 28.0 Å². The lowest BCUT2D eigenvalue weighted by Crippen LogP contribution is -2.21. The molecule has 0 amide bonds. The van der Waals surface area contributed by atoms with Crippen molar-refractivity contribution in [2.45, 2.75) is 32.9 Å². The number of hydrogen-bond donors (Lipinski definition) is 0. The van der Waals surface area contributed by atoms with Gasteiger partial charge in [0.05, 0.1) is 12.7 Å². The molecule has 0 aliphatic rings. The van der Waals surface area contributed by atoms with Crippen LogP contribution in [0, 0.1) is 0 Å². The predicted octanol–water partition coefficient (Wildman–Crippen LogP) is 1.89. The van der Waals surface area contributed by atoms with Gasteiger partial charge in [-0.3, -0.25) is 14.0 Å². The molecule has 23 heavy (non-hydrogen) atoms. The first kappa shape index (κ1) is 15.3. The fourth-order valence-corrected chi connectivity index (χ4v) is 2.50. The average molecular weight is 322 g/mol. The van der Waals surface area contributed by atoms with E-state index in [1.807, 2.05) is 13.8 Å². The SMILES string of the molecule is CC(C)n1ncc2c(=O)n(Cc3cn(C)nc3C(F)F)cnc21. The van der Waals surface area contributed by atoms with Crippen molar-refractivity contribution in [3.63, 3.8) is 0 Å². The Morgan fingerprint density at radius 1 is 1.30 bits per heavy atom. The van der Waals surface area contributed by atoms with Crippen molar-refractivity contribution in [2.24, 2.45) is 7.05 Å². The third-order valence-electron chi connectivity index (χ3n) is 3.55. The van der Waals surface area contributed by atoms with E-state index in [-0.39, 0.29) is 23.8 Å². The maximum absolute atomic E-state index is 13.0. The monoisotopic (exact) mass is 322 g/mol. The second-order valence-corrected chi connectivity index (χ2v) is 5.61. The molecule has 0 unspecified atom stereocenters. The van der Waals surface area contributed by atoms with Crippen LogP contribution >= 0.6 is 0 Å². The normalized spacial score (nSPS) is 12.0. The van der Waals surface area contributed by atoms with E-state index in [2.05, 4.69) is 15.2 Å². The van der Waals surface area contributed by atoms with Crippen molar-refractivity contribution in [1.82, 2.24) is 29.1 Å². The number of alkyl halides is 2. The Hall–Kier alpha value is -2.58. The van der Waals surface area contributed by atoms with E-state index < -0.39 is 6.43 Å². The molecular weight excluding hydrogens is 306 g/mol. The average Bonchev–Trinajstić information content (AvgIpc) is 3.06. The Kier molecular flexibility index (Phi) is 3.70. The van der Waals surface area contributed by atoms with Crippen molar-refractivity contribution >= 4 is 11.0 Å². The van der Waals surface area contributed by atoms with Crippen LogP contribution in [0.3, 0.4) is 0 Å².